The third kappa shape index (κ3) is 2.52. The van der Waals surface area contributed by atoms with Gasteiger partial charge in [0.25, 0.3) is 0 Å². The molecule has 0 fully saturated rings. The second-order valence-corrected chi connectivity index (χ2v) is 6.11. The number of thiocarbonyl (C=S) groups is 1. The molecule has 3 rings (SSSR count). The number of halogens is 1. The van der Waals surface area contributed by atoms with Crippen molar-refractivity contribution in [2.45, 2.75) is 6.04 Å². The third-order valence-corrected chi connectivity index (χ3v) is 4.37. The van der Waals surface area contributed by atoms with Crippen molar-refractivity contribution < 1.29 is 5.11 Å². The molecule has 0 bridgehead atoms. The molecule has 3 N–H and O–H groups in total. The molecule has 0 saturated carbocycles. The first-order valence-electron chi connectivity index (χ1n) is 5.95. The minimum Gasteiger partial charge on any atom is -0.508 e. The molecule has 0 spiro atoms. The van der Waals surface area contributed by atoms with Crippen molar-refractivity contribution in [1.82, 2.24) is 10.6 Å². The number of aliphatic hydroxyl groups excluding tert-OH is 1. The van der Waals surface area contributed by atoms with Crippen molar-refractivity contribution in [2.24, 2.45) is 0 Å². The normalized spacial score (nSPS) is 18.6. The van der Waals surface area contributed by atoms with E-state index in [1.54, 1.807) is 23.5 Å². The molecule has 2 aromatic rings. The largest absolute Gasteiger partial charge is 0.508 e. The number of hydrogen-bond acceptors (Lipinski definition) is 3. The second kappa shape index (κ2) is 5.44. The number of hydrogen-bond donors (Lipinski definition) is 3. The summed E-state index contributed by atoms with van der Waals surface area (Å²) in [4.78, 5) is 0.949. The van der Waals surface area contributed by atoms with Crippen LogP contribution in [-0.2, 0) is 0 Å². The van der Waals surface area contributed by atoms with Gasteiger partial charge in [0, 0.05) is 5.02 Å². The molecule has 1 unspecified atom stereocenters. The van der Waals surface area contributed by atoms with Crippen LogP contribution in [0.2, 0.25) is 5.02 Å². The molecule has 0 aliphatic carbocycles. The standard InChI is InChI=1S/C14H11ClN2OS2/c15-9-5-3-8(4-6-9)11-13(18)12(17-14(19)16-11)10-2-1-7-20-10/h1-7,11,18H,(H2,16,17,19). The van der Waals surface area contributed by atoms with Crippen LogP contribution in [-0.4, -0.2) is 10.2 Å². The highest BCUT2D eigenvalue weighted by Gasteiger charge is 2.27. The van der Waals surface area contributed by atoms with Crippen molar-refractivity contribution in [3.8, 4) is 0 Å². The van der Waals surface area contributed by atoms with Gasteiger partial charge in [-0.25, -0.2) is 0 Å². The zero-order valence-corrected chi connectivity index (χ0v) is 12.6. The fourth-order valence-corrected chi connectivity index (χ4v) is 3.14. The number of benzene rings is 1. The van der Waals surface area contributed by atoms with E-state index in [0.29, 0.717) is 15.8 Å². The Bertz CT molecular complexity index is 665. The summed E-state index contributed by atoms with van der Waals surface area (Å²) in [6.45, 7) is 0. The van der Waals surface area contributed by atoms with Gasteiger partial charge in [-0.1, -0.05) is 29.8 Å². The molecule has 2 heterocycles. The molecule has 0 radical (unpaired) electrons. The van der Waals surface area contributed by atoms with Crippen LogP contribution in [0, 0.1) is 0 Å². The van der Waals surface area contributed by atoms with Crippen molar-refractivity contribution in [2.75, 3.05) is 0 Å². The van der Waals surface area contributed by atoms with Gasteiger partial charge in [0.15, 0.2) is 5.11 Å². The van der Waals surface area contributed by atoms with Gasteiger partial charge in [0.05, 0.1) is 10.6 Å². The van der Waals surface area contributed by atoms with Crippen LogP contribution in [0.25, 0.3) is 5.70 Å². The van der Waals surface area contributed by atoms with E-state index in [4.69, 9.17) is 23.8 Å². The topological polar surface area (TPSA) is 44.3 Å². The van der Waals surface area contributed by atoms with E-state index in [-0.39, 0.29) is 11.8 Å². The number of aliphatic hydroxyl groups is 1. The lowest BCUT2D eigenvalue weighted by Crippen LogP contribution is -2.43. The van der Waals surface area contributed by atoms with Gasteiger partial charge < -0.3 is 15.7 Å². The second-order valence-electron chi connectivity index (χ2n) is 4.32. The lowest BCUT2D eigenvalue weighted by atomic mass is 10.0. The van der Waals surface area contributed by atoms with Crippen molar-refractivity contribution in [1.29, 1.82) is 0 Å². The molecule has 1 aliphatic rings. The van der Waals surface area contributed by atoms with Gasteiger partial charge in [0.1, 0.15) is 11.8 Å². The zero-order valence-electron chi connectivity index (χ0n) is 10.3. The van der Waals surface area contributed by atoms with Crippen molar-refractivity contribution in [3.63, 3.8) is 0 Å². The maximum atomic E-state index is 10.5. The summed E-state index contributed by atoms with van der Waals surface area (Å²) in [5, 5.41) is 19.7. The van der Waals surface area contributed by atoms with Crippen LogP contribution >= 0.6 is 35.2 Å². The molecule has 6 heteroatoms. The average Bonchev–Trinajstić information content (AvgIpc) is 2.96. The van der Waals surface area contributed by atoms with E-state index in [0.717, 1.165) is 10.4 Å². The maximum Gasteiger partial charge on any atom is 0.171 e. The molecule has 1 atom stereocenters. The first-order valence-corrected chi connectivity index (χ1v) is 7.62. The monoisotopic (exact) mass is 322 g/mol. The highest BCUT2D eigenvalue weighted by Crippen LogP contribution is 2.31. The van der Waals surface area contributed by atoms with E-state index in [1.807, 2.05) is 29.6 Å². The van der Waals surface area contributed by atoms with Crippen molar-refractivity contribution in [3.05, 3.63) is 63.0 Å². The molecule has 20 heavy (non-hydrogen) atoms. The van der Waals surface area contributed by atoms with Gasteiger partial charge in [-0.3, -0.25) is 0 Å². The Balaban J connectivity index is 2.04. The van der Waals surface area contributed by atoms with Crippen LogP contribution in [0.4, 0.5) is 0 Å². The minimum absolute atomic E-state index is 0.225. The molecule has 0 saturated heterocycles. The quantitative estimate of drug-likeness (QED) is 0.735. The van der Waals surface area contributed by atoms with E-state index < -0.39 is 0 Å². The number of nitrogens with one attached hydrogen (secondary N) is 2. The Morgan fingerprint density at radius 3 is 2.60 bits per heavy atom. The zero-order chi connectivity index (χ0) is 14.1. The van der Waals surface area contributed by atoms with Crippen molar-refractivity contribution >= 4 is 46.0 Å². The highest BCUT2D eigenvalue weighted by molar-refractivity contribution is 7.80. The van der Waals surface area contributed by atoms with E-state index in [2.05, 4.69) is 10.6 Å². The Morgan fingerprint density at radius 1 is 1.20 bits per heavy atom. The molecule has 1 aromatic carbocycles. The summed E-state index contributed by atoms with van der Waals surface area (Å²) in [6, 6.07) is 10.8. The Hall–Kier alpha value is -1.56. The Labute approximate surface area is 130 Å². The van der Waals surface area contributed by atoms with Crippen LogP contribution in [0.3, 0.4) is 0 Å². The fourth-order valence-electron chi connectivity index (χ4n) is 2.06. The number of rotatable bonds is 2. The molecular weight excluding hydrogens is 312 g/mol. The van der Waals surface area contributed by atoms with Crippen LogP contribution in [0.1, 0.15) is 16.5 Å². The highest BCUT2D eigenvalue weighted by atomic mass is 35.5. The van der Waals surface area contributed by atoms with Crippen LogP contribution < -0.4 is 10.6 Å². The first-order chi connectivity index (χ1) is 9.65. The molecule has 3 nitrogen and oxygen atoms in total. The van der Waals surface area contributed by atoms with Crippen LogP contribution in [0.15, 0.2) is 47.5 Å². The summed E-state index contributed by atoms with van der Waals surface area (Å²) >= 11 is 12.7. The molecular formula is C14H11ClN2OS2. The summed E-state index contributed by atoms with van der Waals surface area (Å²) in [5.74, 6) is 0.225. The average molecular weight is 323 g/mol. The Morgan fingerprint density at radius 2 is 1.95 bits per heavy atom. The van der Waals surface area contributed by atoms with E-state index in [1.165, 1.54) is 0 Å². The molecule has 1 aromatic heterocycles. The summed E-state index contributed by atoms with van der Waals surface area (Å²) in [6.07, 6.45) is 0. The van der Waals surface area contributed by atoms with Gasteiger partial charge in [-0.2, -0.15) is 0 Å². The first kappa shape index (κ1) is 13.4. The molecule has 1 aliphatic heterocycles. The third-order valence-electron chi connectivity index (χ3n) is 3.01. The predicted octanol–water partition coefficient (Wildman–Crippen LogP) is 3.85. The van der Waals surface area contributed by atoms with Gasteiger partial charge >= 0.3 is 0 Å². The molecule has 102 valence electrons. The minimum atomic E-state index is -0.363. The van der Waals surface area contributed by atoms with E-state index >= 15 is 0 Å². The maximum absolute atomic E-state index is 10.5. The lowest BCUT2D eigenvalue weighted by molar-refractivity contribution is 0.355. The smallest absolute Gasteiger partial charge is 0.171 e. The molecule has 0 amide bonds. The number of thiophene rings is 1. The van der Waals surface area contributed by atoms with E-state index in [9.17, 15) is 5.11 Å². The summed E-state index contributed by atoms with van der Waals surface area (Å²) in [5.41, 5.74) is 1.56. The van der Waals surface area contributed by atoms with Gasteiger partial charge in [0.2, 0.25) is 0 Å². The SMILES string of the molecule is OC1=C(c2cccs2)NC(=S)NC1c1ccc(Cl)cc1. The van der Waals surface area contributed by atoms with Gasteiger partial charge in [-0.15, -0.1) is 11.3 Å². The van der Waals surface area contributed by atoms with Gasteiger partial charge in [-0.05, 0) is 41.4 Å². The summed E-state index contributed by atoms with van der Waals surface area (Å²) in [7, 11) is 0. The lowest BCUT2D eigenvalue weighted by Gasteiger charge is -2.28. The summed E-state index contributed by atoms with van der Waals surface area (Å²) < 4.78 is 0. The predicted molar refractivity (Wildman–Crippen MR) is 86.9 cm³/mol. The Kier molecular flexibility index (Phi) is 3.65. The fraction of sp³-hybridized carbons (Fsp3) is 0.0714. The van der Waals surface area contributed by atoms with Crippen LogP contribution in [0.5, 0.6) is 0 Å².